The molecule has 0 fully saturated rings. The average molecular weight is 215 g/mol. The number of nitrogens with zero attached hydrogens (tertiary/aromatic N) is 1. The molecular formula is C12H25NO2. The second kappa shape index (κ2) is 7.69. The van der Waals surface area contributed by atoms with Gasteiger partial charge in [0.05, 0.1) is 13.0 Å². The third-order valence-corrected chi connectivity index (χ3v) is 2.91. The maximum absolute atomic E-state index is 11.2. The van der Waals surface area contributed by atoms with Crippen molar-refractivity contribution in [1.82, 2.24) is 4.90 Å². The second-order valence-corrected chi connectivity index (χ2v) is 4.33. The Bertz CT molecular complexity index is 178. The summed E-state index contributed by atoms with van der Waals surface area (Å²) in [5.41, 5.74) is 0. The first-order valence-electron chi connectivity index (χ1n) is 5.81. The highest BCUT2D eigenvalue weighted by Gasteiger charge is 2.16. The molecule has 0 aliphatic heterocycles. The minimum absolute atomic E-state index is 0.0330. The highest BCUT2D eigenvalue weighted by Crippen LogP contribution is 2.10. The predicted octanol–water partition coefficient (Wildman–Crippen LogP) is 2.16. The van der Waals surface area contributed by atoms with Crippen LogP contribution >= 0.6 is 0 Å². The van der Waals surface area contributed by atoms with E-state index in [1.54, 1.807) is 0 Å². The standard InChI is InChI=1S/C12H25NO2/c1-6-11(7-2)9-13(4)8-10(3)12(14)15-5/h10-11H,6-9H2,1-5H3. The summed E-state index contributed by atoms with van der Waals surface area (Å²) < 4.78 is 4.70. The van der Waals surface area contributed by atoms with E-state index in [1.165, 1.54) is 20.0 Å². The lowest BCUT2D eigenvalue weighted by Gasteiger charge is -2.24. The Morgan fingerprint density at radius 1 is 1.27 bits per heavy atom. The van der Waals surface area contributed by atoms with Gasteiger partial charge in [-0.2, -0.15) is 0 Å². The molecule has 0 aliphatic rings. The van der Waals surface area contributed by atoms with Gasteiger partial charge in [0.25, 0.3) is 0 Å². The fourth-order valence-electron chi connectivity index (χ4n) is 1.81. The summed E-state index contributed by atoms with van der Waals surface area (Å²) in [5, 5.41) is 0. The fourth-order valence-corrected chi connectivity index (χ4v) is 1.81. The minimum atomic E-state index is -0.119. The molecular weight excluding hydrogens is 190 g/mol. The molecule has 0 bridgehead atoms. The maximum atomic E-state index is 11.2. The van der Waals surface area contributed by atoms with Crippen molar-refractivity contribution in [3.63, 3.8) is 0 Å². The highest BCUT2D eigenvalue weighted by atomic mass is 16.5. The van der Waals surface area contributed by atoms with Gasteiger partial charge in [0, 0.05) is 13.1 Å². The van der Waals surface area contributed by atoms with Crippen LogP contribution < -0.4 is 0 Å². The Balaban J connectivity index is 3.91. The predicted molar refractivity (Wildman–Crippen MR) is 62.7 cm³/mol. The summed E-state index contributed by atoms with van der Waals surface area (Å²) in [5.74, 6) is 0.584. The molecule has 1 unspecified atom stereocenters. The van der Waals surface area contributed by atoms with E-state index < -0.39 is 0 Å². The van der Waals surface area contributed by atoms with Gasteiger partial charge in [-0.25, -0.2) is 0 Å². The van der Waals surface area contributed by atoms with E-state index in [0.29, 0.717) is 0 Å². The normalized spacial score (nSPS) is 13.3. The number of carbonyl (C=O) groups excluding carboxylic acids is 1. The molecule has 0 rings (SSSR count). The zero-order valence-electron chi connectivity index (χ0n) is 10.7. The first-order valence-corrected chi connectivity index (χ1v) is 5.81. The van der Waals surface area contributed by atoms with E-state index in [4.69, 9.17) is 4.74 Å². The molecule has 0 spiro atoms. The lowest BCUT2D eigenvalue weighted by atomic mass is 10.0. The van der Waals surface area contributed by atoms with Crippen LogP contribution in [-0.4, -0.2) is 38.1 Å². The molecule has 0 aliphatic carbocycles. The van der Waals surface area contributed by atoms with E-state index in [9.17, 15) is 4.79 Å². The van der Waals surface area contributed by atoms with Crippen molar-refractivity contribution < 1.29 is 9.53 Å². The summed E-state index contributed by atoms with van der Waals surface area (Å²) >= 11 is 0. The number of ether oxygens (including phenoxy) is 1. The minimum Gasteiger partial charge on any atom is -0.469 e. The van der Waals surface area contributed by atoms with Crippen molar-refractivity contribution in [2.45, 2.75) is 33.6 Å². The van der Waals surface area contributed by atoms with E-state index in [0.717, 1.165) is 19.0 Å². The zero-order valence-corrected chi connectivity index (χ0v) is 10.7. The van der Waals surface area contributed by atoms with Gasteiger partial charge in [-0.15, -0.1) is 0 Å². The topological polar surface area (TPSA) is 29.5 Å². The quantitative estimate of drug-likeness (QED) is 0.610. The third-order valence-electron chi connectivity index (χ3n) is 2.91. The Morgan fingerprint density at radius 3 is 2.20 bits per heavy atom. The number of hydrogen-bond donors (Lipinski definition) is 0. The van der Waals surface area contributed by atoms with Gasteiger partial charge in [0.1, 0.15) is 0 Å². The molecule has 3 nitrogen and oxygen atoms in total. The molecule has 0 aromatic rings. The van der Waals surface area contributed by atoms with Crippen LogP contribution in [0, 0.1) is 11.8 Å². The Hall–Kier alpha value is -0.570. The molecule has 1 atom stereocenters. The van der Waals surface area contributed by atoms with Crippen molar-refractivity contribution >= 4 is 5.97 Å². The molecule has 0 aromatic carbocycles. The Labute approximate surface area is 93.8 Å². The number of esters is 1. The van der Waals surface area contributed by atoms with Gasteiger partial charge < -0.3 is 9.64 Å². The van der Waals surface area contributed by atoms with Crippen LogP contribution in [0.1, 0.15) is 33.6 Å². The molecule has 0 amide bonds. The van der Waals surface area contributed by atoms with Crippen LogP contribution in [0.3, 0.4) is 0 Å². The number of rotatable bonds is 7. The number of hydrogen-bond acceptors (Lipinski definition) is 3. The van der Waals surface area contributed by atoms with Gasteiger partial charge in [-0.1, -0.05) is 33.6 Å². The maximum Gasteiger partial charge on any atom is 0.309 e. The van der Waals surface area contributed by atoms with Crippen LogP contribution in [-0.2, 0) is 9.53 Å². The lowest BCUT2D eigenvalue weighted by Crippen LogP contribution is -2.32. The van der Waals surface area contributed by atoms with Crippen LogP contribution in [0.25, 0.3) is 0 Å². The molecule has 0 aromatic heterocycles. The van der Waals surface area contributed by atoms with E-state index in [2.05, 4.69) is 25.8 Å². The molecule has 0 N–H and O–H groups in total. The summed E-state index contributed by atoms with van der Waals surface area (Å²) in [6.07, 6.45) is 2.40. The molecule has 15 heavy (non-hydrogen) atoms. The highest BCUT2D eigenvalue weighted by molar-refractivity contribution is 5.71. The summed E-state index contributed by atoms with van der Waals surface area (Å²) in [7, 11) is 3.51. The smallest absolute Gasteiger partial charge is 0.309 e. The van der Waals surface area contributed by atoms with Crippen molar-refractivity contribution in [2.75, 3.05) is 27.2 Å². The SMILES string of the molecule is CCC(CC)CN(C)CC(C)C(=O)OC. The Morgan fingerprint density at radius 2 is 1.80 bits per heavy atom. The van der Waals surface area contributed by atoms with Gasteiger partial charge in [0.15, 0.2) is 0 Å². The molecule has 0 saturated heterocycles. The molecule has 0 heterocycles. The second-order valence-electron chi connectivity index (χ2n) is 4.33. The van der Waals surface area contributed by atoms with Crippen molar-refractivity contribution in [3.05, 3.63) is 0 Å². The van der Waals surface area contributed by atoms with Gasteiger partial charge in [-0.3, -0.25) is 4.79 Å². The van der Waals surface area contributed by atoms with Crippen LogP contribution in [0.15, 0.2) is 0 Å². The van der Waals surface area contributed by atoms with E-state index in [1.807, 2.05) is 6.92 Å². The van der Waals surface area contributed by atoms with Crippen LogP contribution in [0.5, 0.6) is 0 Å². The van der Waals surface area contributed by atoms with Gasteiger partial charge in [0.2, 0.25) is 0 Å². The lowest BCUT2D eigenvalue weighted by molar-refractivity contribution is -0.145. The number of carbonyl (C=O) groups is 1. The Kier molecular flexibility index (Phi) is 7.39. The number of methoxy groups -OCH3 is 1. The third kappa shape index (κ3) is 5.78. The average Bonchev–Trinajstić information content (AvgIpc) is 2.24. The molecule has 0 radical (unpaired) electrons. The summed E-state index contributed by atoms with van der Waals surface area (Å²) in [6.45, 7) is 8.18. The first-order chi connectivity index (χ1) is 7.04. The van der Waals surface area contributed by atoms with Crippen LogP contribution in [0.4, 0.5) is 0 Å². The molecule has 90 valence electrons. The monoisotopic (exact) mass is 215 g/mol. The van der Waals surface area contributed by atoms with E-state index >= 15 is 0 Å². The fraction of sp³-hybridized carbons (Fsp3) is 0.917. The molecule has 3 heteroatoms. The van der Waals surface area contributed by atoms with Crippen molar-refractivity contribution in [1.29, 1.82) is 0 Å². The van der Waals surface area contributed by atoms with E-state index in [-0.39, 0.29) is 11.9 Å². The van der Waals surface area contributed by atoms with Crippen LogP contribution in [0.2, 0.25) is 0 Å². The van der Waals surface area contributed by atoms with Crippen molar-refractivity contribution in [2.24, 2.45) is 11.8 Å². The largest absolute Gasteiger partial charge is 0.469 e. The molecule has 0 saturated carbocycles. The van der Waals surface area contributed by atoms with Gasteiger partial charge in [-0.05, 0) is 13.0 Å². The van der Waals surface area contributed by atoms with Gasteiger partial charge >= 0.3 is 5.97 Å². The first kappa shape index (κ1) is 14.4. The van der Waals surface area contributed by atoms with Crippen molar-refractivity contribution in [3.8, 4) is 0 Å². The summed E-state index contributed by atoms with van der Waals surface area (Å²) in [4.78, 5) is 13.4. The summed E-state index contributed by atoms with van der Waals surface area (Å²) in [6, 6.07) is 0. The zero-order chi connectivity index (χ0) is 11.8.